The van der Waals surface area contributed by atoms with Crippen LogP contribution in [0.2, 0.25) is 0 Å². The number of aryl methyl sites for hydroxylation is 1. The number of benzene rings is 2. The van der Waals surface area contributed by atoms with Crippen molar-refractivity contribution in [2.24, 2.45) is 7.05 Å². The van der Waals surface area contributed by atoms with Crippen LogP contribution in [0.4, 0.5) is 17.6 Å². The second kappa shape index (κ2) is 7.88. The van der Waals surface area contributed by atoms with E-state index in [0.29, 0.717) is 22.2 Å². The van der Waals surface area contributed by atoms with Crippen molar-refractivity contribution in [1.82, 2.24) is 19.7 Å². The average molecular weight is 456 g/mol. The summed E-state index contributed by atoms with van der Waals surface area (Å²) < 4.78 is 61.4. The number of nitrogens with zero attached hydrogens (tertiary/aromatic N) is 4. The van der Waals surface area contributed by atoms with E-state index < -0.39 is 18.2 Å². The van der Waals surface area contributed by atoms with Crippen LogP contribution < -0.4 is 4.74 Å². The summed E-state index contributed by atoms with van der Waals surface area (Å²) in [6.45, 7) is -3.13. The van der Waals surface area contributed by atoms with E-state index in [1.54, 1.807) is 31.6 Å². The highest BCUT2D eigenvalue weighted by Crippen LogP contribution is 2.36. The highest BCUT2D eigenvalue weighted by Gasteiger charge is 2.30. The molecule has 0 saturated heterocycles. The van der Waals surface area contributed by atoms with Crippen molar-refractivity contribution < 1.29 is 27.1 Å². The van der Waals surface area contributed by atoms with Gasteiger partial charge in [0.15, 0.2) is 5.75 Å². The molecule has 0 radical (unpaired) electrons. The van der Waals surface area contributed by atoms with E-state index in [-0.39, 0.29) is 41.4 Å². The summed E-state index contributed by atoms with van der Waals surface area (Å²) in [5.74, 6) is -2.13. The van der Waals surface area contributed by atoms with Gasteiger partial charge in [0.05, 0.1) is 24.3 Å². The molecule has 0 atom stereocenters. The van der Waals surface area contributed by atoms with Crippen LogP contribution in [-0.2, 0) is 20.1 Å². The van der Waals surface area contributed by atoms with Gasteiger partial charge in [0, 0.05) is 30.4 Å². The van der Waals surface area contributed by atoms with E-state index in [1.807, 2.05) is 0 Å². The first-order valence-corrected chi connectivity index (χ1v) is 9.94. The van der Waals surface area contributed by atoms with Crippen molar-refractivity contribution in [2.75, 3.05) is 0 Å². The minimum atomic E-state index is -3.04. The molecule has 0 fully saturated rings. The van der Waals surface area contributed by atoms with Gasteiger partial charge >= 0.3 is 6.61 Å². The Kier molecular flexibility index (Phi) is 4.99. The smallest absolute Gasteiger partial charge is 0.387 e. The minimum absolute atomic E-state index is 0.136. The molecule has 2 aromatic heterocycles. The van der Waals surface area contributed by atoms with Gasteiger partial charge in [0.1, 0.15) is 17.2 Å². The Labute approximate surface area is 185 Å². The molecule has 168 valence electrons. The summed E-state index contributed by atoms with van der Waals surface area (Å²) in [6.07, 6.45) is 3.11. The maximum Gasteiger partial charge on any atom is 0.387 e. The van der Waals surface area contributed by atoms with E-state index in [0.717, 1.165) is 12.1 Å². The van der Waals surface area contributed by atoms with Crippen LogP contribution in [0.5, 0.6) is 5.75 Å². The van der Waals surface area contributed by atoms with Gasteiger partial charge < -0.3 is 9.64 Å². The molecular formula is C23H16F4N4O2. The number of rotatable bonds is 5. The number of hydrogen-bond donors (Lipinski definition) is 0. The zero-order valence-electron chi connectivity index (χ0n) is 17.2. The lowest BCUT2D eigenvalue weighted by atomic mass is 9.99. The van der Waals surface area contributed by atoms with Crippen LogP contribution in [0.3, 0.4) is 0 Å². The van der Waals surface area contributed by atoms with Gasteiger partial charge in [-0.05, 0) is 47.5 Å². The summed E-state index contributed by atoms with van der Waals surface area (Å²) in [6, 6.07) is 8.29. The number of aromatic nitrogens is 3. The van der Waals surface area contributed by atoms with Crippen LogP contribution in [0.15, 0.2) is 48.8 Å². The molecule has 6 nitrogen and oxygen atoms in total. The molecule has 0 aliphatic carbocycles. The molecule has 0 bridgehead atoms. The number of halogens is 4. The van der Waals surface area contributed by atoms with E-state index in [1.165, 1.54) is 21.7 Å². The molecule has 33 heavy (non-hydrogen) atoms. The summed E-state index contributed by atoms with van der Waals surface area (Å²) in [4.78, 5) is 18.0. The number of carbonyl (C=O) groups excluding carboxylic acids is 1. The molecule has 1 aliphatic rings. The number of pyridine rings is 1. The summed E-state index contributed by atoms with van der Waals surface area (Å²) in [5, 5.41) is 4.53. The van der Waals surface area contributed by atoms with E-state index in [4.69, 9.17) is 0 Å². The van der Waals surface area contributed by atoms with Crippen molar-refractivity contribution in [2.45, 2.75) is 19.7 Å². The predicted octanol–water partition coefficient (Wildman–Crippen LogP) is 4.67. The topological polar surface area (TPSA) is 60.2 Å². The highest BCUT2D eigenvalue weighted by molar-refractivity contribution is 5.98. The van der Waals surface area contributed by atoms with Gasteiger partial charge in [-0.25, -0.2) is 8.78 Å². The predicted molar refractivity (Wildman–Crippen MR) is 111 cm³/mol. The van der Waals surface area contributed by atoms with Crippen molar-refractivity contribution in [1.29, 1.82) is 0 Å². The fraction of sp³-hybridized carbons (Fsp3) is 0.174. The molecule has 1 aliphatic heterocycles. The standard InChI is InChI=1S/C23H16F4N4O2/c1-30-9-15-13(4-5-20(21(15)29-30)33-23(26)27)12-7-17(24)16(18(25)8-12)10-31-11-19-14(22(31)32)3-2-6-28-19/h2-9,23H,10-11H2,1H3. The van der Waals surface area contributed by atoms with Crippen LogP contribution >= 0.6 is 0 Å². The third-order valence-corrected chi connectivity index (χ3v) is 5.52. The van der Waals surface area contributed by atoms with E-state index in [2.05, 4.69) is 14.8 Å². The third-order valence-electron chi connectivity index (χ3n) is 5.52. The molecule has 1 amide bonds. The largest absolute Gasteiger partial charge is 0.432 e. The van der Waals surface area contributed by atoms with Crippen LogP contribution in [0.25, 0.3) is 22.0 Å². The zero-order valence-corrected chi connectivity index (χ0v) is 17.2. The van der Waals surface area contributed by atoms with Crippen molar-refractivity contribution in [3.63, 3.8) is 0 Å². The van der Waals surface area contributed by atoms with Crippen molar-refractivity contribution in [3.8, 4) is 16.9 Å². The number of amides is 1. The summed E-state index contributed by atoms with van der Waals surface area (Å²) in [5.41, 5.74) is 1.48. The second-order valence-corrected chi connectivity index (χ2v) is 7.63. The van der Waals surface area contributed by atoms with Crippen molar-refractivity contribution >= 4 is 16.8 Å². The third kappa shape index (κ3) is 3.67. The molecule has 2 aromatic carbocycles. The molecule has 4 aromatic rings. The first-order valence-electron chi connectivity index (χ1n) is 9.94. The van der Waals surface area contributed by atoms with Crippen LogP contribution in [0.1, 0.15) is 21.6 Å². The Balaban J connectivity index is 1.50. The van der Waals surface area contributed by atoms with Gasteiger partial charge in [0.2, 0.25) is 0 Å². The quantitative estimate of drug-likeness (QED) is 0.410. The molecule has 0 N–H and O–H groups in total. The van der Waals surface area contributed by atoms with E-state index >= 15 is 8.78 Å². The maximum atomic E-state index is 15.0. The Morgan fingerprint density at radius 1 is 1.12 bits per heavy atom. The summed E-state index contributed by atoms with van der Waals surface area (Å²) in [7, 11) is 1.60. The maximum absolute atomic E-state index is 15.0. The van der Waals surface area contributed by atoms with Crippen molar-refractivity contribution in [3.05, 3.63) is 77.2 Å². The van der Waals surface area contributed by atoms with Gasteiger partial charge in [-0.1, -0.05) is 0 Å². The first kappa shape index (κ1) is 20.9. The monoisotopic (exact) mass is 456 g/mol. The lowest BCUT2D eigenvalue weighted by Crippen LogP contribution is -2.24. The molecule has 0 unspecified atom stereocenters. The number of alkyl halides is 2. The molecule has 3 heterocycles. The Morgan fingerprint density at radius 2 is 1.88 bits per heavy atom. The number of ether oxygens (including phenoxy) is 1. The van der Waals surface area contributed by atoms with Gasteiger partial charge in [-0.2, -0.15) is 13.9 Å². The van der Waals surface area contributed by atoms with Crippen LogP contribution in [-0.4, -0.2) is 32.2 Å². The molecule has 5 rings (SSSR count). The van der Waals surface area contributed by atoms with Gasteiger partial charge in [-0.15, -0.1) is 0 Å². The number of carbonyl (C=O) groups is 1. The Hall–Kier alpha value is -3.95. The Morgan fingerprint density at radius 3 is 2.58 bits per heavy atom. The molecular weight excluding hydrogens is 440 g/mol. The summed E-state index contributed by atoms with van der Waals surface area (Å²) >= 11 is 0. The molecule has 10 heteroatoms. The zero-order chi connectivity index (χ0) is 23.3. The fourth-order valence-corrected chi connectivity index (χ4v) is 4.05. The van der Waals surface area contributed by atoms with E-state index in [9.17, 15) is 13.6 Å². The molecule has 0 saturated carbocycles. The number of fused-ring (bicyclic) bond motifs is 2. The van der Waals surface area contributed by atoms with Gasteiger partial charge in [-0.3, -0.25) is 14.5 Å². The SMILES string of the molecule is Cn1cc2c(-c3cc(F)c(CN4Cc5ncccc5C4=O)c(F)c3)ccc(OC(F)F)c2n1. The average Bonchev–Trinajstić information content (AvgIpc) is 3.30. The normalized spacial score (nSPS) is 13.3. The second-order valence-electron chi connectivity index (χ2n) is 7.63. The molecule has 0 spiro atoms. The lowest BCUT2D eigenvalue weighted by molar-refractivity contribution is -0.0489. The van der Waals surface area contributed by atoms with Crippen LogP contribution in [0, 0.1) is 11.6 Å². The highest BCUT2D eigenvalue weighted by atomic mass is 19.3. The fourth-order valence-electron chi connectivity index (χ4n) is 4.05. The number of hydrogen-bond acceptors (Lipinski definition) is 4. The van der Waals surface area contributed by atoms with Gasteiger partial charge in [0.25, 0.3) is 5.91 Å². The first-order chi connectivity index (χ1) is 15.8. The lowest BCUT2D eigenvalue weighted by Gasteiger charge is -2.17. The minimum Gasteiger partial charge on any atom is -0.432 e. The Bertz CT molecular complexity index is 1380.